The molecular weight excluding hydrogens is 576 g/mol. The van der Waals surface area contributed by atoms with Crippen LogP contribution in [-0.2, 0) is 16.1 Å². The topological polar surface area (TPSA) is 135 Å². The fraction of sp³-hybridized carbons (Fsp3) is 0.594. The van der Waals surface area contributed by atoms with Gasteiger partial charge in [0.1, 0.15) is 18.8 Å². The zero-order chi connectivity index (χ0) is 31.2. The van der Waals surface area contributed by atoms with Crippen molar-refractivity contribution in [3.05, 3.63) is 47.7 Å². The van der Waals surface area contributed by atoms with Gasteiger partial charge in [0.25, 0.3) is 0 Å². The van der Waals surface area contributed by atoms with E-state index in [2.05, 4.69) is 29.6 Å². The molecular formula is C32H44N8O5. The first-order chi connectivity index (χ1) is 21.9. The van der Waals surface area contributed by atoms with Crippen LogP contribution in [0.3, 0.4) is 0 Å². The average molecular weight is 621 g/mol. The predicted molar refractivity (Wildman–Crippen MR) is 167 cm³/mol. The Morgan fingerprint density at radius 1 is 1.00 bits per heavy atom. The molecule has 0 saturated carbocycles. The van der Waals surface area contributed by atoms with Crippen LogP contribution in [0.25, 0.3) is 5.65 Å². The second kappa shape index (κ2) is 14.3. The number of amides is 2. The largest absolute Gasteiger partial charge is 0.458 e. The number of nitrogens with zero attached hydrogens (tertiary/aromatic N) is 6. The van der Waals surface area contributed by atoms with Crippen molar-refractivity contribution in [2.75, 3.05) is 51.1 Å². The summed E-state index contributed by atoms with van der Waals surface area (Å²) in [6, 6.07) is 9.92. The minimum atomic E-state index is -0.349. The normalized spacial score (nSPS) is 20.9. The minimum Gasteiger partial charge on any atom is -0.458 e. The fourth-order valence-electron chi connectivity index (χ4n) is 6.11. The number of benzene rings is 1. The van der Waals surface area contributed by atoms with Gasteiger partial charge in [0.2, 0.25) is 5.95 Å². The van der Waals surface area contributed by atoms with Crippen LogP contribution in [0.5, 0.6) is 6.01 Å². The van der Waals surface area contributed by atoms with Gasteiger partial charge in [0.15, 0.2) is 5.65 Å². The van der Waals surface area contributed by atoms with Crippen LogP contribution in [0.2, 0.25) is 0 Å². The summed E-state index contributed by atoms with van der Waals surface area (Å²) in [6.07, 6.45) is 5.19. The Kier molecular flexibility index (Phi) is 9.82. The zero-order valence-corrected chi connectivity index (χ0v) is 26.2. The van der Waals surface area contributed by atoms with Crippen LogP contribution < -0.4 is 15.4 Å². The van der Waals surface area contributed by atoms with Crippen molar-refractivity contribution in [1.82, 2.24) is 34.7 Å². The van der Waals surface area contributed by atoms with E-state index in [4.69, 9.17) is 24.2 Å². The van der Waals surface area contributed by atoms with Crippen LogP contribution in [0.15, 0.2) is 36.5 Å². The molecule has 2 amide bonds. The average Bonchev–Trinajstić information content (AvgIpc) is 3.74. The Morgan fingerprint density at radius 2 is 1.82 bits per heavy atom. The molecule has 2 N–H and O–H groups in total. The summed E-state index contributed by atoms with van der Waals surface area (Å²) in [4.78, 5) is 38.4. The molecule has 3 aliphatic heterocycles. The van der Waals surface area contributed by atoms with Crippen molar-refractivity contribution >= 4 is 23.8 Å². The number of carbonyl (C=O) groups is 2. The van der Waals surface area contributed by atoms with Gasteiger partial charge in [-0.15, -0.1) is 0 Å². The third kappa shape index (κ3) is 7.75. The predicted octanol–water partition coefficient (Wildman–Crippen LogP) is 4.05. The highest BCUT2D eigenvalue weighted by Crippen LogP contribution is 2.26. The van der Waals surface area contributed by atoms with Crippen LogP contribution in [-0.4, -0.2) is 99.6 Å². The Balaban J connectivity index is 1.07. The van der Waals surface area contributed by atoms with Crippen molar-refractivity contribution in [2.24, 2.45) is 5.92 Å². The van der Waals surface area contributed by atoms with Crippen molar-refractivity contribution in [2.45, 2.75) is 70.7 Å². The number of anilines is 1. The molecule has 1 aromatic carbocycles. The maximum atomic E-state index is 12.8. The van der Waals surface area contributed by atoms with E-state index in [-0.39, 0.29) is 42.9 Å². The number of fused-ring (bicyclic) bond motifs is 1. The van der Waals surface area contributed by atoms with E-state index >= 15 is 0 Å². The second-order valence-electron chi connectivity index (χ2n) is 12.5. The minimum absolute atomic E-state index is 0.0246. The molecule has 2 aromatic heterocycles. The first-order valence-corrected chi connectivity index (χ1v) is 16.2. The number of piperidine rings is 2. The Labute approximate surface area is 263 Å². The highest BCUT2D eigenvalue weighted by atomic mass is 16.6. The van der Waals surface area contributed by atoms with Gasteiger partial charge in [-0.1, -0.05) is 44.2 Å². The third-order valence-corrected chi connectivity index (χ3v) is 8.81. The van der Waals surface area contributed by atoms with Gasteiger partial charge >= 0.3 is 18.2 Å². The zero-order valence-electron chi connectivity index (χ0n) is 26.2. The third-order valence-electron chi connectivity index (χ3n) is 8.81. The van der Waals surface area contributed by atoms with Gasteiger partial charge in [0.05, 0.1) is 12.7 Å². The number of likely N-dealkylation sites (tertiary alicyclic amines) is 2. The van der Waals surface area contributed by atoms with E-state index in [0.29, 0.717) is 50.2 Å². The highest BCUT2D eigenvalue weighted by Gasteiger charge is 2.29. The number of carbonyl (C=O) groups excluding carboxylic acids is 2. The molecule has 13 heteroatoms. The lowest BCUT2D eigenvalue weighted by Gasteiger charge is -2.32. The molecule has 5 heterocycles. The van der Waals surface area contributed by atoms with Gasteiger partial charge in [-0.05, 0) is 56.0 Å². The second-order valence-corrected chi connectivity index (χ2v) is 12.5. The molecule has 3 fully saturated rings. The lowest BCUT2D eigenvalue weighted by Crippen LogP contribution is -2.44. The Hall–Kier alpha value is -4.13. The molecule has 0 aliphatic carbocycles. The van der Waals surface area contributed by atoms with Gasteiger partial charge in [-0.3, -0.25) is 0 Å². The van der Waals surface area contributed by atoms with Crippen LogP contribution in [0.1, 0.15) is 63.0 Å². The molecule has 2 atom stereocenters. The first kappa shape index (κ1) is 30.9. The monoisotopic (exact) mass is 620 g/mol. The van der Waals surface area contributed by atoms with E-state index in [0.717, 1.165) is 56.3 Å². The number of hydrogen-bond acceptors (Lipinski definition) is 10. The van der Waals surface area contributed by atoms with Crippen LogP contribution in [0, 0.1) is 5.92 Å². The summed E-state index contributed by atoms with van der Waals surface area (Å²) < 4.78 is 19.3. The molecule has 0 spiro atoms. The van der Waals surface area contributed by atoms with E-state index in [1.807, 2.05) is 41.4 Å². The van der Waals surface area contributed by atoms with Gasteiger partial charge < -0.3 is 34.6 Å². The van der Waals surface area contributed by atoms with Crippen molar-refractivity contribution in [3.63, 3.8) is 0 Å². The smallest absolute Gasteiger partial charge is 0.410 e. The molecule has 1 unspecified atom stereocenters. The summed E-state index contributed by atoms with van der Waals surface area (Å²) in [7, 11) is 0. The molecule has 3 aliphatic rings. The maximum Gasteiger partial charge on any atom is 0.410 e. The standard InChI is InChI=1S/C32H44N8O5/c1-22(2)27-19-35-40-28(27)36-30(44-26-9-6-14-39(20-26)31(41)43-21-24-7-4-3-5-8-24)37-29(40)34-17-23-11-15-38(16-12-23)32(42)45-25-10-13-33-18-25/h3-5,7-8,19,22-23,25-26,33H,6,9-18,20-21H2,1-2H3,(H,34,36,37)/t25?,26-/m0/s1. The molecule has 0 bridgehead atoms. The number of ether oxygens (including phenoxy) is 3. The molecule has 0 radical (unpaired) electrons. The SMILES string of the molecule is CC(C)c1cnn2c(NCC3CCN(C(=O)OC4CCNC4)CC3)nc(O[C@H]3CCCN(C(=O)OCc4ccccc4)C3)nc12. The quantitative estimate of drug-likeness (QED) is 0.361. The highest BCUT2D eigenvalue weighted by molar-refractivity contribution is 5.68. The van der Waals surface area contributed by atoms with Gasteiger partial charge in [-0.25, -0.2) is 9.59 Å². The van der Waals surface area contributed by atoms with E-state index in [9.17, 15) is 9.59 Å². The first-order valence-electron chi connectivity index (χ1n) is 16.2. The van der Waals surface area contributed by atoms with Crippen molar-refractivity contribution in [3.8, 4) is 6.01 Å². The van der Waals surface area contributed by atoms with Gasteiger partial charge in [-0.2, -0.15) is 19.6 Å². The summed E-state index contributed by atoms with van der Waals surface area (Å²) in [5, 5.41) is 11.3. The van der Waals surface area contributed by atoms with Crippen molar-refractivity contribution < 1.29 is 23.8 Å². The van der Waals surface area contributed by atoms with Crippen LogP contribution in [0.4, 0.5) is 15.5 Å². The fourth-order valence-corrected chi connectivity index (χ4v) is 6.11. The van der Waals surface area contributed by atoms with E-state index in [1.54, 1.807) is 9.42 Å². The number of rotatable bonds is 9. The Bertz CT molecular complexity index is 1440. The van der Waals surface area contributed by atoms with Crippen molar-refractivity contribution in [1.29, 1.82) is 0 Å². The van der Waals surface area contributed by atoms with Gasteiger partial charge in [0, 0.05) is 38.3 Å². The van der Waals surface area contributed by atoms with E-state index in [1.165, 1.54) is 0 Å². The lowest BCUT2D eigenvalue weighted by molar-refractivity contribution is 0.0520. The van der Waals surface area contributed by atoms with Crippen LogP contribution >= 0.6 is 0 Å². The Morgan fingerprint density at radius 3 is 2.58 bits per heavy atom. The molecule has 242 valence electrons. The molecule has 3 aromatic rings. The summed E-state index contributed by atoms with van der Waals surface area (Å²) in [5.41, 5.74) is 2.65. The molecule has 3 saturated heterocycles. The molecule has 13 nitrogen and oxygen atoms in total. The number of nitrogens with one attached hydrogen (secondary N) is 2. The van der Waals surface area contributed by atoms with E-state index < -0.39 is 0 Å². The number of aromatic nitrogens is 4. The summed E-state index contributed by atoms with van der Waals surface area (Å²) in [5.74, 6) is 1.14. The number of hydrogen-bond donors (Lipinski definition) is 2. The molecule has 45 heavy (non-hydrogen) atoms. The summed E-state index contributed by atoms with van der Waals surface area (Å²) >= 11 is 0. The summed E-state index contributed by atoms with van der Waals surface area (Å²) in [6.45, 7) is 9.12. The maximum absolute atomic E-state index is 12.8. The lowest BCUT2D eigenvalue weighted by atomic mass is 9.97. The molecule has 6 rings (SSSR count).